The van der Waals surface area contributed by atoms with Crippen LogP contribution >= 0.6 is 0 Å². The summed E-state index contributed by atoms with van der Waals surface area (Å²) in [6.45, 7) is 0. The Bertz CT molecular complexity index is 509. The lowest BCUT2D eigenvalue weighted by molar-refractivity contribution is -0.139. The molecule has 1 fully saturated rings. The molecule has 2 rings (SSSR count). The highest BCUT2D eigenvalue weighted by Crippen LogP contribution is 2.22. The number of hydrogen-bond acceptors (Lipinski definition) is 3. The summed E-state index contributed by atoms with van der Waals surface area (Å²) < 4.78 is 37.9. The van der Waals surface area contributed by atoms with Crippen molar-refractivity contribution in [3.8, 4) is 0 Å². The number of rotatable bonds is 2. The average Bonchev–Trinajstić information content (AvgIpc) is 2.27. The third kappa shape index (κ3) is 2.73. The quantitative estimate of drug-likeness (QED) is 0.838. The van der Waals surface area contributed by atoms with Crippen LogP contribution in [0.1, 0.15) is 11.6 Å². The first-order valence-electron chi connectivity index (χ1n) is 5.26. The van der Waals surface area contributed by atoms with Gasteiger partial charge in [-0.1, -0.05) is 6.07 Å². The van der Waals surface area contributed by atoms with Crippen LogP contribution in [-0.2, 0) is 15.6 Å². The summed E-state index contributed by atoms with van der Waals surface area (Å²) in [7, 11) is -1.34. The molecular weight excluding hydrogens is 264 g/mol. The molecule has 1 aromatic carbocycles. The summed E-state index contributed by atoms with van der Waals surface area (Å²) in [5.41, 5.74) is 0.135. The maximum atomic E-state index is 13.6. The minimum atomic E-state index is -1.34. The second kappa shape index (κ2) is 5.11. The van der Waals surface area contributed by atoms with E-state index in [0.29, 0.717) is 0 Å². The van der Waals surface area contributed by atoms with Gasteiger partial charge in [0.05, 0.1) is 0 Å². The molecule has 18 heavy (non-hydrogen) atoms. The molecule has 98 valence electrons. The molecule has 3 atom stereocenters. The number of nitrogens with one attached hydrogen (secondary N) is 1. The van der Waals surface area contributed by atoms with Crippen molar-refractivity contribution >= 4 is 16.8 Å². The maximum Gasteiger partial charge on any atom is 0.321 e. The number of halogens is 2. The van der Waals surface area contributed by atoms with Crippen molar-refractivity contribution in [2.75, 3.05) is 11.5 Å². The lowest BCUT2D eigenvalue weighted by Crippen LogP contribution is -2.49. The fraction of sp³-hybridized carbons (Fsp3) is 0.364. The Morgan fingerprint density at radius 1 is 1.39 bits per heavy atom. The zero-order chi connectivity index (χ0) is 13.3. The monoisotopic (exact) mass is 275 g/mol. The highest BCUT2D eigenvalue weighted by Gasteiger charge is 2.32. The zero-order valence-electron chi connectivity index (χ0n) is 9.23. The summed E-state index contributed by atoms with van der Waals surface area (Å²) in [6.07, 6.45) is 0. The van der Waals surface area contributed by atoms with E-state index in [2.05, 4.69) is 5.32 Å². The summed E-state index contributed by atoms with van der Waals surface area (Å²) in [6, 6.07) is 1.40. The molecule has 1 saturated heterocycles. The molecular formula is C11H11F2NO3S. The van der Waals surface area contributed by atoms with Gasteiger partial charge in [-0.25, -0.2) is 8.78 Å². The number of carbonyl (C=O) groups is 1. The van der Waals surface area contributed by atoms with E-state index in [4.69, 9.17) is 5.11 Å². The topological polar surface area (TPSA) is 66.4 Å². The highest BCUT2D eigenvalue weighted by atomic mass is 32.2. The predicted octanol–water partition coefficient (Wildman–Crippen LogP) is 0.811. The number of hydrogen-bond donors (Lipinski definition) is 2. The SMILES string of the molecule is O=C(O)C1CS(=O)CC(c2ccc(F)cc2F)N1. The van der Waals surface area contributed by atoms with E-state index in [1.54, 1.807) is 0 Å². The smallest absolute Gasteiger partial charge is 0.321 e. The van der Waals surface area contributed by atoms with Crippen LogP contribution in [0.3, 0.4) is 0 Å². The lowest BCUT2D eigenvalue weighted by Gasteiger charge is -2.28. The fourth-order valence-corrected chi connectivity index (χ4v) is 3.28. The summed E-state index contributed by atoms with van der Waals surface area (Å²) >= 11 is 0. The normalized spacial score (nSPS) is 28.0. The fourth-order valence-electron chi connectivity index (χ4n) is 1.89. The van der Waals surface area contributed by atoms with Crippen LogP contribution in [0.5, 0.6) is 0 Å². The number of benzene rings is 1. The van der Waals surface area contributed by atoms with Crippen molar-refractivity contribution in [1.29, 1.82) is 0 Å². The van der Waals surface area contributed by atoms with Gasteiger partial charge in [-0.05, 0) is 6.07 Å². The van der Waals surface area contributed by atoms with E-state index >= 15 is 0 Å². The van der Waals surface area contributed by atoms with Gasteiger partial charge in [-0.3, -0.25) is 14.3 Å². The Morgan fingerprint density at radius 2 is 2.11 bits per heavy atom. The molecule has 0 aliphatic carbocycles. The first-order valence-corrected chi connectivity index (χ1v) is 6.75. The molecule has 1 heterocycles. The Labute approximate surface area is 104 Å². The molecule has 4 nitrogen and oxygen atoms in total. The molecule has 1 aliphatic heterocycles. The number of aliphatic carboxylic acids is 1. The van der Waals surface area contributed by atoms with Gasteiger partial charge < -0.3 is 5.11 Å². The van der Waals surface area contributed by atoms with Gasteiger partial charge in [0.25, 0.3) is 0 Å². The molecule has 2 N–H and O–H groups in total. The van der Waals surface area contributed by atoms with E-state index in [1.165, 1.54) is 6.07 Å². The van der Waals surface area contributed by atoms with Crippen molar-refractivity contribution in [1.82, 2.24) is 5.32 Å². The van der Waals surface area contributed by atoms with Gasteiger partial charge >= 0.3 is 5.97 Å². The second-order valence-electron chi connectivity index (χ2n) is 4.05. The minimum Gasteiger partial charge on any atom is -0.480 e. The first-order chi connectivity index (χ1) is 8.47. The molecule has 0 amide bonds. The van der Waals surface area contributed by atoms with Gasteiger partial charge in [-0.2, -0.15) is 0 Å². The number of carboxylic acids is 1. The Kier molecular flexibility index (Phi) is 3.72. The van der Waals surface area contributed by atoms with Crippen LogP contribution in [0.25, 0.3) is 0 Å². The van der Waals surface area contributed by atoms with E-state index in [-0.39, 0.29) is 17.1 Å². The van der Waals surface area contributed by atoms with Crippen LogP contribution in [0.2, 0.25) is 0 Å². The molecule has 0 aromatic heterocycles. The standard InChI is InChI=1S/C11H11F2NO3S/c12-6-1-2-7(8(13)3-6)9-4-18(17)5-10(14-9)11(15)16/h1-3,9-10,14H,4-5H2,(H,15,16). The Balaban J connectivity index is 2.26. The van der Waals surface area contributed by atoms with Crippen molar-refractivity contribution in [3.05, 3.63) is 35.4 Å². The lowest BCUT2D eigenvalue weighted by atomic mass is 10.1. The van der Waals surface area contributed by atoms with E-state index in [0.717, 1.165) is 12.1 Å². The van der Waals surface area contributed by atoms with Gasteiger partial charge in [0.2, 0.25) is 0 Å². The van der Waals surface area contributed by atoms with E-state index < -0.39 is 40.5 Å². The minimum absolute atomic E-state index is 0.00531. The molecule has 1 aliphatic rings. The van der Waals surface area contributed by atoms with Gasteiger partial charge in [-0.15, -0.1) is 0 Å². The average molecular weight is 275 g/mol. The zero-order valence-corrected chi connectivity index (χ0v) is 10.0. The highest BCUT2D eigenvalue weighted by molar-refractivity contribution is 7.85. The van der Waals surface area contributed by atoms with Crippen molar-refractivity contribution in [3.63, 3.8) is 0 Å². The van der Waals surface area contributed by atoms with Crippen LogP contribution in [0, 0.1) is 11.6 Å². The predicted molar refractivity (Wildman–Crippen MR) is 61.5 cm³/mol. The van der Waals surface area contributed by atoms with Crippen LogP contribution < -0.4 is 5.32 Å². The van der Waals surface area contributed by atoms with Crippen LogP contribution in [0.15, 0.2) is 18.2 Å². The van der Waals surface area contributed by atoms with Crippen LogP contribution in [-0.4, -0.2) is 32.8 Å². The Morgan fingerprint density at radius 3 is 2.72 bits per heavy atom. The van der Waals surface area contributed by atoms with Crippen LogP contribution in [0.4, 0.5) is 8.78 Å². The second-order valence-corrected chi connectivity index (χ2v) is 5.60. The molecule has 0 spiro atoms. The van der Waals surface area contributed by atoms with Gasteiger partial charge in [0.15, 0.2) is 0 Å². The van der Waals surface area contributed by atoms with Crippen molar-refractivity contribution < 1.29 is 22.9 Å². The third-order valence-corrected chi connectivity index (χ3v) is 4.15. The molecule has 0 saturated carbocycles. The summed E-state index contributed by atoms with van der Waals surface area (Å²) in [5, 5.41) is 11.6. The molecule has 3 unspecified atom stereocenters. The molecule has 7 heteroatoms. The summed E-state index contributed by atoms with van der Waals surface area (Å²) in [5.74, 6) is -2.49. The first kappa shape index (κ1) is 13.1. The molecule has 0 radical (unpaired) electrons. The molecule has 1 aromatic rings. The van der Waals surface area contributed by atoms with E-state index in [9.17, 15) is 17.8 Å². The molecule has 0 bridgehead atoms. The van der Waals surface area contributed by atoms with Crippen molar-refractivity contribution in [2.45, 2.75) is 12.1 Å². The van der Waals surface area contributed by atoms with Crippen molar-refractivity contribution in [2.24, 2.45) is 0 Å². The van der Waals surface area contributed by atoms with Gasteiger partial charge in [0, 0.05) is 40.0 Å². The Hall–Kier alpha value is -1.34. The van der Waals surface area contributed by atoms with Gasteiger partial charge in [0.1, 0.15) is 17.7 Å². The summed E-state index contributed by atoms with van der Waals surface area (Å²) in [4.78, 5) is 10.9. The third-order valence-electron chi connectivity index (χ3n) is 2.74. The maximum absolute atomic E-state index is 13.6. The number of carboxylic acid groups (broad SMARTS) is 1. The van der Waals surface area contributed by atoms with E-state index in [1.807, 2.05) is 0 Å². The largest absolute Gasteiger partial charge is 0.480 e.